The lowest BCUT2D eigenvalue weighted by atomic mass is 10.2. The molecule has 6 heteroatoms. The minimum atomic E-state index is -0.232. The maximum atomic E-state index is 10.4. The summed E-state index contributed by atoms with van der Waals surface area (Å²) in [4.78, 5) is 20.7. The molecule has 98 valence electrons. The van der Waals surface area contributed by atoms with Gasteiger partial charge in [0.1, 0.15) is 0 Å². The monoisotopic (exact) mass is 236 g/mol. The van der Waals surface area contributed by atoms with E-state index in [-0.39, 0.29) is 24.2 Å². The van der Waals surface area contributed by atoms with Crippen molar-refractivity contribution in [2.45, 2.75) is 39.5 Å². The summed E-state index contributed by atoms with van der Waals surface area (Å²) in [6.07, 6.45) is 3.74. The zero-order valence-corrected chi connectivity index (χ0v) is 10.3. The lowest BCUT2D eigenvalue weighted by Crippen LogP contribution is -2.02. The van der Waals surface area contributed by atoms with E-state index in [9.17, 15) is 9.59 Å². The van der Waals surface area contributed by atoms with Crippen molar-refractivity contribution in [2.24, 2.45) is 0 Å². The van der Waals surface area contributed by atoms with Gasteiger partial charge >= 0.3 is 11.9 Å². The second-order valence-electron chi connectivity index (χ2n) is 3.09. The van der Waals surface area contributed by atoms with E-state index >= 15 is 0 Å². The van der Waals surface area contributed by atoms with E-state index in [0.29, 0.717) is 13.2 Å². The third kappa shape index (κ3) is 18.6. The lowest BCUT2D eigenvalue weighted by Gasteiger charge is -2.02. The molecule has 0 rings (SSSR count). The predicted molar refractivity (Wildman–Crippen MR) is 61.8 cm³/mol. The highest BCUT2D eigenvalue weighted by Crippen LogP contribution is 2.00. The number of carbonyl (C=O) groups excluding carboxylic acids is 2. The summed E-state index contributed by atoms with van der Waals surface area (Å²) in [5.41, 5.74) is 0. The first-order chi connectivity index (χ1) is 6.63. The van der Waals surface area contributed by atoms with Gasteiger partial charge in [0.2, 0.25) is 0 Å². The Bertz CT molecular complexity index is 166. The first-order valence-corrected chi connectivity index (χ1v) is 4.89. The fourth-order valence-electron chi connectivity index (χ4n) is 0.989. The molecule has 0 aliphatic rings. The van der Waals surface area contributed by atoms with Crippen LogP contribution in [0.5, 0.6) is 0 Å². The zero-order chi connectivity index (χ0) is 10.8. The number of hydrogen-bond acceptors (Lipinski definition) is 6. The van der Waals surface area contributed by atoms with Crippen molar-refractivity contribution in [3.05, 3.63) is 0 Å². The normalized spacial score (nSPS) is 8.38. The van der Waals surface area contributed by atoms with Crippen LogP contribution >= 0.6 is 0 Å². The molecule has 0 spiro atoms. The second-order valence-corrected chi connectivity index (χ2v) is 3.09. The van der Waals surface area contributed by atoms with Crippen molar-refractivity contribution in [1.82, 2.24) is 12.3 Å². The Morgan fingerprint density at radius 2 is 1.06 bits per heavy atom. The van der Waals surface area contributed by atoms with Crippen molar-refractivity contribution >= 4 is 11.9 Å². The molecule has 0 saturated heterocycles. The summed E-state index contributed by atoms with van der Waals surface area (Å²) >= 11 is 0. The molecule has 0 atom stereocenters. The number of esters is 2. The van der Waals surface area contributed by atoms with Gasteiger partial charge in [-0.2, -0.15) is 0 Å². The van der Waals surface area contributed by atoms with Gasteiger partial charge in [-0.1, -0.05) is 0 Å². The fraction of sp³-hybridized carbons (Fsp3) is 0.800. The van der Waals surface area contributed by atoms with E-state index in [4.69, 9.17) is 9.47 Å². The van der Waals surface area contributed by atoms with Crippen LogP contribution < -0.4 is 12.3 Å². The van der Waals surface area contributed by atoms with E-state index in [1.807, 2.05) is 0 Å². The molecule has 0 heterocycles. The SMILES string of the molecule is CC(=O)OCCCCCCOC(C)=O.N.N. The lowest BCUT2D eigenvalue weighted by molar-refractivity contribution is -0.142. The molecule has 0 aliphatic heterocycles. The Morgan fingerprint density at radius 3 is 1.31 bits per heavy atom. The van der Waals surface area contributed by atoms with E-state index in [1.54, 1.807) is 0 Å². The highest BCUT2D eigenvalue weighted by Gasteiger charge is 1.95. The van der Waals surface area contributed by atoms with Gasteiger partial charge in [0.25, 0.3) is 0 Å². The van der Waals surface area contributed by atoms with E-state index in [1.165, 1.54) is 13.8 Å². The molecule has 0 aromatic heterocycles. The molecule has 0 unspecified atom stereocenters. The number of ether oxygens (including phenoxy) is 2. The molecular formula is C10H24N2O4. The van der Waals surface area contributed by atoms with Crippen molar-refractivity contribution in [3.8, 4) is 0 Å². The molecule has 0 aliphatic carbocycles. The number of hydrogen-bond donors (Lipinski definition) is 2. The predicted octanol–water partition coefficient (Wildman–Crippen LogP) is 2.00. The standard InChI is InChI=1S/C10H18O4.2H3N/c1-9(11)13-7-5-3-4-6-8-14-10(2)12;;/h3-8H2,1-2H3;2*1H3. The van der Waals surface area contributed by atoms with Crippen molar-refractivity contribution in [3.63, 3.8) is 0 Å². The third-order valence-corrected chi connectivity index (χ3v) is 1.65. The van der Waals surface area contributed by atoms with Crippen LogP contribution in [0, 0.1) is 0 Å². The Kier molecular flexibility index (Phi) is 17.6. The topological polar surface area (TPSA) is 123 Å². The van der Waals surface area contributed by atoms with Gasteiger partial charge < -0.3 is 21.8 Å². The minimum absolute atomic E-state index is 0. The second kappa shape index (κ2) is 13.9. The van der Waals surface area contributed by atoms with Crippen LogP contribution in [0.15, 0.2) is 0 Å². The van der Waals surface area contributed by atoms with E-state index in [0.717, 1.165) is 25.7 Å². The summed E-state index contributed by atoms with van der Waals surface area (Å²) in [7, 11) is 0. The summed E-state index contributed by atoms with van der Waals surface area (Å²) < 4.78 is 9.52. The van der Waals surface area contributed by atoms with E-state index in [2.05, 4.69) is 0 Å². The number of unbranched alkanes of at least 4 members (excludes halogenated alkanes) is 3. The third-order valence-electron chi connectivity index (χ3n) is 1.65. The van der Waals surface area contributed by atoms with Crippen LogP contribution in [-0.2, 0) is 19.1 Å². The van der Waals surface area contributed by atoms with Crippen molar-refractivity contribution in [1.29, 1.82) is 0 Å². The van der Waals surface area contributed by atoms with Gasteiger partial charge in [-0.05, 0) is 25.7 Å². The summed E-state index contributed by atoms with van der Waals surface area (Å²) in [5, 5.41) is 0. The Labute approximate surface area is 96.8 Å². The van der Waals surface area contributed by atoms with Gasteiger partial charge in [-0.3, -0.25) is 9.59 Å². The van der Waals surface area contributed by atoms with Crippen LogP contribution in [0.25, 0.3) is 0 Å². The summed E-state index contributed by atoms with van der Waals surface area (Å²) in [6, 6.07) is 0. The highest BCUT2D eigenvalue weighted by atomic mass is 16.5. The minimum Gasteiger partial charge on any atom is -0.466 e. The molecule has 0 aromatic rings. The van der Waals surface area contributed by atoms with Gasteiger partial charge in [-0.15, -0.1) is 0 Å². The maximum Gasteiger partial charge on any atom is 0.302 e. The smallest absolute Gasteiger partial charge is 0.302 e. The molecule has 6 N–H and O–H groups in total. The van der Waals surface area contributed by atoms with Crippen LogP contribution in [0.2, 0.25) is 0 Å². The van der Waals surface area contributed by atoms with Gasteiger partial charge in [0.15, 0.2) is 0 Å². The first kappa shape index (κ1) is 20.3. The molecule has 0 bridgehead atoms. The number of carbonyl (C=O) groups is 2. The van der Waals surface area contributed by atoms with Crippen molar-refractivity contribution < 1.29 is 19.1 Å². The largest absolute Gasteiger partial charge is 0.466 e. The first-order valence-electron chi connectivity index (χ1n) is 4.89. The van der Waals surface area contributed by atoms with E-state index < -0.39 is 0 Å². The van der Waals surface area contributed by atoms with Crippen LogP contribution in [0.4, 0.5) is 0 Å². The Morgan fingerprint density at radius 1 is 0.750 bits per heavy atom. The summed E-state index contributed by atoms with van der Waals surface area (Å²) in [6.45, 7) is 3.78. The zero-order valence-electron chi connectivity index (χ0n) is 10.3. The van der Waals surface area contributed by atoms with Gasteiger partial charge in [0, 0.05) is 13.8 Å². The van der Waals surface area contributed by atoms with Crippen molar-refractivity contribution in [2.75, 3.05) is 13.2 Å². The summed E-state index contributed by atoms with van der Waals surface area (Å²) in [5.74, 6) is -0.463. The maximum absolute atomic E-state index is 10.4. The molecular weight excluding hydrogens is 212 g/mol. The average Bonchev–Trinajstić information content (AvgIpc) is 2.08. The van der Waals surface area contributed by atoms with Gasteiger partial charge in [-0.25, -0.2) is 0 Å². The molecule has 0 aromatic carbocycles. The highest BCUT2D eigenvalue weighted by molar-refractivity contribution is 5.66. The molecule has 0 fully saturated rings. The average molecular weight is 236 g/mol. The quantitative estimate of drug-likeness (QED) is 0.514. The number of rotatable bonds is 7. The Balaban J connectivity index is -0.000000845. The van der Waals surface area contributed by atoms with Gasteiger partial charge in [0.05, 0.1) is 13.2 Å². The molecule has 16 heavy (non-hydrogen) atoms. The molecule has 6 nitrogen and oxygen atoms in total. The van der Waals surface area contributed by atoms with Crippen LogP contribution in [0.1, 0.15) is 39.5 Å². The molecule has 0 amide bonds. The molecule has 0 radical (unpaired) electrons. The Hall–Kier alpha value is -1.14. The van der Waals surface area contributed by atoms with Crippen LogP contribution in [-0.4, -0.2) is 25.2 Å². The van der Waals surface area contributed by atoms with Crippen LogP contribution in [0.3, 0.4) is 0 Å². The molecule has 0 saturated carbocycles. The fourth-order valence-corrected chi connectivity index (χ4v) is 0.989.